The lowest BCUT2D eigenvalue weighted by Crippen LogP contribution is -2.22. The SMILES string of the molecule is C=C(C)C(=O)OC(CC)/C(=C/C(=O)O)CO. The highest BCUT2D eigenvalue weighted by Crippen LogP contribution is 2.12. The summed E-state index contributed by atoms with van der Waals surface area (Å²) in [4.78, 5) is 21.7. The Morgan fingerprint density at radius 1 is 1.50 bits per heavy atom. The molecule has 0 saturated carbocycles. The molecule has 0 saturated heterocycles. The van der Waals surface area contributed by atoms with Crippen molar-refractivity contribution in [3.05, 3.63) is 23.8 Å². The predicted molar refractivity (Wildman–Crippen MR) is 57.8 cm³/mol. The minimum atomic E-state index is -1.19. The van der Waals surface area contributed by atoms with Gasteiger partial charge in [-0.25, -0.2) is 9.59 Å². The largest absolute Gasteiger partial charge is 0.478 e. The first kappa shape index (κ1) is 14.4. The number of aliphatic carboxylic acids is 1. The van der Waals surface area contributed by atoms with E-state index in [1.54, 1.807) is 6.92 Å². The highest BCUT2D eigenvalue weighted by atomic mass is 16.5. The van der Waals surface area contributed by atoms with Gasteiger partial charge in [0, 0.05) is 17.2 Å². The van der Waals surface area contributed by atoms with Crippen molar-refractivity contribution in [3.63, 3.8) is 0 Å². The summed E-state index contributed by atoms with van der Waals surface area (Å²) in [6.45, 7) is 6.17. The zero-order valence-corrected chi connectivity index (χ0v) is 9.40. The molecule has 0 aromatic carbocycles. The number of ether oxygens (including phenoxy) is 1. The van der Waals surface area contributed by atoms with Crippen LogP contribution in [-0.4, -0.2) is 34.9 Å². The smallest absolute Gasteiger partial charge is 0.333 e. The Hall–Kier alpha value is -1.62. The Balaban J connectivity index is 4.76. The number of carbonyl (C=O) groups is 2. The Kier molecular flexibility index (Phi) is 6.10. The van der Waals surface area contributed by atoms with Crippen molar-refractivity contribution in [3.8, 4) is 0 Å². The molecule has 0 aliphatic carbocycles. The van der Waals surface area contributed by atoms with Crippen LogP contribution in [0.1, 0.15) is 20.3 Å². The molecule has 1 atom stereocenters. The average Bonchev–Trinajstić information content (AvgIpc) is 2.21. The fourth-order valence-electron chi connectivity index (χ4n) is 1.05. The molecular weight excluding hydrogens is 212 g/mol. The Morgan fingerprint density at radius 3 is 2.38 bits per heavy atom. The summed E-state index contributed by atoms with van der Waals surface area (Å²) < 4.78 is 4.98. The topological polar surface area (TPSA) is 83.8 Å². The summed E-state index contributed by atoms with van der Waals surface area (Å²) in [5.74, 6) is -1.79. The van der Waals surface area contributed by atoms with Gasteiger partial charge in [0.1, 0.15) is 6.10 Å². The third-order valence-electron chi connectivity index (χ3n) is 1.87. The summed E-state index contributed by atoms with van der Waals surface area (Å²) in [5, 5.41) is 17.5. The molecule has 2 N–H and O–H groups in total. The summed E-state index contributed by atoms with van der Waals surface area (Å²) in [6.07, 6.45) is 0.503. The quantitative estimate of drug-likeness (QED) is 0.521. The minimum Gasteiger partial charge on any atom is -0.478 e. The van der Waals surface area contributed by atoms with Crippen LogP contribution < -0.4 is 0 Å². The van der Waals surface area contributed by atoms with Crippen LogP contribution in [0, 0.1) is 0 Å². The van der Waals surface area contributed by atoms with Crippen molar-refractivity contribution in [1.82, 2.24) is 0 Å². The first-order chi connectivity index (χ1) is 7.42. The van der Waals surface area contributed by atoms with E-state index in [0.717, 1.165) is 6.08 Å². The number of aliphatic hydroxyl groups excluding tert-OH is 1. The van der Waals surface area contributed by atoms with Crippen molar-refractivity contribution in [2.24, 2.45) is 0 Å². The summed E-state index contributed by atoms with van der Waals surface area (Å²) >= 11 is 0. The van der Waals surface area contributed by atoms with Crippen LogP contribution in [0.4, 0.5) is 0 Å². The van der Waals surface area contributed by atoms with E-state index in [4.69, 9.17) is 14.9 Å². The van der Waals surface area contributed by atoms with E-state index in [2.05, 4.69) is 6.58 Å². The van der Waals surface area contributed by atoms with Gasteiger partial charge in [-0.3, -0.25) is 0 Å². The number of esters is 1. The second-order valence-electron chi connectivity index (χ2n) is 3.30. The number of rotatable bonds is 6. The maximum atomic E-state index is 11.2. The van der Waals surface area contributed by atoms with Crippen molar-refractivity contribution >= 4 is 11.9 Å². The lowest BCUT2D eigenvalue weighted by atomic mass is 10.1. The molecule has 0 spiro atoms. The maximum Gasteiger partial charge on any atom is 0.333 e. The van der Waals surface area contributed by atoms with Gasteiger partial charge in [0.2, 0.25) is 0 Å². The average molecular weight is 228 g/mol. The summed E-state index contributed by atoms with van der Waals surface area (Å²) in [6, 6.07) is 0. The molecule has 16 heavy (non-hydrogen) atoms. The molecular formula is C11H16O5. The molecule has 0 aliphatic heterocycles. The second-order valence-corrected chi connectivity index (χ2v) is 3.30. The lowest BCUT2D eigenvalue weighted by Gasteiger charge is -2.17. The molecule has 0 bridgehead atoms. The van der Waals surface area contributed by atoms with Crippen molar-refractivity contribution < 1.29 is 24.5 Å². The van der Waals surface area contributed by atoms with Crippen LogP contribution in [0.5, 0.6) is 0 Å². The van der Waals surface area contributed by atoms with Crippen molar-refractivity contribution in [1.29, 1.82) is 0 Å². The van der Waals surface area contributed by atoms with E-state index in [1.807, 2.05) is 0 Å². The van der Waals surface area contributed by atoms with Crippen LogP contribution in [0.3, 0.4) is 0 Å². The molecule has 0 radical (unpaired) electrons. The zero-order valence-electron chi connectivity index (χ0n) is 9.40. The highest BCUT2D eigenvalue weighted by molar-refractivity contribution is 5.87. The van der Waals surface area contributed by atoms with Crippen molar-refractivity contribution in [2.75, 3.05) is 6.61 Å². The third kappa shape index (κ3) is 4.75. The van der Waals surface area contributed by atoms with Gasteiger partial charge >= 0.3 is 11.9 Å². The molecule has 0 aromatic rings. The fourth-order valence-corrected chi connectivity index (χ4v) is 1.05. The van der Waals surface area contributed by atoms with Crippen LogP contribution in [0.15, 0.2) is 23.8 Å². The molecule has 5 nitrogen and oxygen atoms in total. The van der Waals surface area contributed by atoms with E-state index in [1.165, 1.54) is 6.92 Å². The lowest BCUT2D eigenvalue weighted by molar-refractivity contribution is -0.143. The van der Waals surface area contributed by atoms with Gasteiger partial charge in [-0.2, -0.15) is 0 Å². The molecule has 1 unspecified atom stereocenters. The standard InChI is InChI=1S/C11H16O5/c1-4-9(16-11(15)7(2)3)8(6-12)5-10(13)14/h5,9,12H,2,4,6H2,1,3H3,(H,13,14)/b8-5+. The molecule has 0 rings (SSSR count). The van der Waals surface area contributed by atoms with E-state index < -0.39 is 24.6 Å². The van der Waals surface area contributed by atoms with Crippen LogP contribution in [-0.2, 0) is 14.3 Å². The van der Waals surface area contributed by atoms with E-state index in [9.17, 15) is 9.59 Å². The van der Waals surface area contributed by atoms with Gasteiger partial charge < -0.3 is 14.9 Å². The number of carbonyl (C=O) groups excluding carboxylic acids is 1. The number of hydrogen-bond donors (Lipinski definition) is 2. The predicted octanol–water partition coefficient (Wildman–Crippen LogP) is 0.888. The molecule has 0 aliphatic rings. The number of aliphatic hydroxyl groups is 1. The van der Waals surface area contributed by atoms with Gasteiger partial charge in [-0.1, -0.05) is 13.5 Å². The maximum absolute atomic E-state index is 11.2. The van der Waals surface area contributed by atoms with Gasteiger partial charge in [0.05, 0.1) is 6.61 Å². The highest BCUT2D eigenvalue weighted by Gasteiger charge is 2.18. The van der Waals surface area contributed by atoms with Gasteiger partial charge in [0.15, 0.2) is 0 Å². The van der Waals surface area contributed by atoms with Crippen LogP contribution >= 0.6 is 0 Å². The molecule has 0 amide bonds. The summed E-state index contributed by atoms with van der Waals surface area (Å²) in [5.41, 5.74) is 0.385. The summed E-state index contributed by atoms with van der Waals surface area (Å²) in [7, 11) is 0. The number of carboxylic acids is 1. The van der Waals surface area contributed by atoms with Gasteiger partial charge in [-0.05, 0) is 13.3 Å². The molecule has 0 heterocycles. The zero-order chi connectivity index (χ0) is 12.7. The molecule has 5 heteroatoms. The molecule has 0 fully saturated rings. The minimum absolute atomic E-state index is 0.157. The first-order valence-electron chi connectivity index (χ1n) is 4.83. The molecule has 90 valence electrons. The number of carboxylic acid groups (broad SMARTS) is 1. The fraction of sp³-hybridized carbons (Fsp3) is 0.455. The van der Waals surface area contributed by atoms with E-state index in [0.29, 0.717) is 6.42 Å². The Morgan fingerprint density at radius 2 is 2.06 bits per heavy atom. The van der Waals surface area contributed by atoms with Crippen LogP contribution in [0.2, 0.25) is 0 Å². The Labute approximate surface area is 94.0 Å². The van der Waals surface area contributed by atoms with Crippen molar-refractivity contribution in [2.45, 2.75) is 26.4 Å². The van der Waals surface area contributed by atoms with Crippen LogP contribution in [0.25, 0.3) is 0 Å². The monoisotopic (exact) mass is 228 g/mol. The Bertz CT molecular complexity index is 316. The number of hydrogen-bond acceptors (Lipinski definition) is 4. The second kappa shape index (κ2) is 6.79. The van der Waals surface area contributed by atoms with E-state index in [-0.39, 0.29) is 11.1 Å². The van der Waals surface area contributed by atoms with Gasteiger partial charge in [-0.15, -0.1) is 0 Å². The normalized spacial score (nSPS) is 13.1. The van der Waals surface area contributed by atoms with E-state index >= 15 is 0 Å². The third-order valence-corrected chi connectivity index (χ3v) is 1.87. The first-order valence-corrected chi connectivity index (χ1v) is 4.83. The van der Waals surface area contributed by atoms with Gasteiger partial charge in [0.25, 0.3) is 0 Å². The molecule has 0 aromatic heterocycles.